The van der Waals surface area contributed by atoms with Gasteiger partial charge in [-0.05, 0) is 79.8 Å². The van der Waals surface area contributed by atoms with Crippen LogP contribution in [0.1, 0.15) is 43.7 Å². The van der Waals surface area contributed by atoms with Crippen molar-refractivity contribution in [2.24, 2.45) is 0 Å². The molecule has 6 heterocycles. The standard InChI is InChI=1S/C35H38F2N6O3/c1-3-25-27(37)7-6-22-16-24(44)17-26(29(22)25)32-21(2)31-30(28-8-10-38-43(28)32)33(41-11-5-14-45-15-13-41)40-34(39-31)46-20-35-9-4-12-42(35)19-23(36)18-35/h6-8,10,16-17,23,44H,3-5,9,11-15,18-20H2,1-2H3. The number of pyridine rings is 1. The van der Waals surface area contributed by atoms with Crippen LogP contribution in [0.15, 0.2) is 36.5 Å². The number of hydrogen-bond donors (Lipinski definition) is 1. The zero-order valence-electron chi connectivity index (χ0n) is 26.2. The number of aryl methyl sites for hydroxylation is 2. The lowest BCUT2D eigenvalue weighted by Crippen LogP contribution is -2.43. The number of fused-ring (bicyclic) bond motifs is 5. The van der Waals surface area contributed by atoms with Crippen molar-refractivity contribution in [1.82, 2.24) is 24.5 Å². The zero-order chi connectivity index (χ0) is 31.6. The molecule has 3 aliphatic heterocycles. The van der Waals surface area contributed by atoms with E-state index in [4.69, 9.17) is 24.5 Å². The molecule has 3 aromatic heterocycles. The average Bonchev–Trinajstić information content (AvgIpc) is 3.68. The number of rotatable bonds is 6. The Morgan fingerprint density at radius 1 is 1.09 bits per heavy atom. The number of anilines is 1. The normalized spacial score (nSPS) is 22.3. The fraction of sp³-hybridized carbons (Fsp3) is 0.457. The van der Waals surface area contributed by atoms with Crippen LogP contribution in [0.4, 0.5) is 14.6 Å². The molecule has 46 heavy (non-hydrogen) atoms. The maximum atomic E-state index is 15.2. The van der Waals surface area contributed by atoms with Crippen molar-refractivity contribution >= 4 is 33.0 Å². The topological polar surface area (TPSA) is 88.3 Å². The van der Waals surface area contributed by atoms with Gasteiger partial charge in [-0.15, -0.1) is 0 Å². The second-order valence-corrected chi connectivity index (χ2v) is 12.9. The number of hydrogen-bond acceptors (Lipinski definition) is 8. The molecule has 5 aromatic rings. The summed E-state index contributed by atoms with van der Waals surface area (Å²) in [6.45, 7) is 8.21. The van der Waals surface area contributed by atoms with Gasteiger partial charge >= 0.3 is 6.01 Å². The first-order chi connectivity index (χ1) is 22.4. The molecule has 0 amide bonds. The van der Waals surface area contributed by atoms with E-state index in [0.717, 1.165) is 65.4 Å². The van der Waals surface area contributed by atoms with Crippen LogP contribution in [-0.4, -0.2) is 87.3 Å². The first-order valence-electron chi connectivity index (χ1n) is 16.3. The van der Waals surface area contributed by atoms with Gasteiger partial charge in [-0.1, -0.05) is 13.0 Å². The summed E-state index contributed by atoms with van der Waals surface area (Å²) in [6.07, 6.45) is 4.58. The van der Waals surface area contributed by atoms with Crippen LogP contribution in [-0.2, 0) is 11.2 Å². The molecule has 0 spiro atoms. The average molecular weight is 629 g/mol. The molecule has 2 atom stereocenters. The van der Waals surface area contributed by atoms with Gasteiger partial charge in [-0.2, -0.15) is 15.1 Å². The predicted molar refractivity (Wildman–Crippen MR) is 173 cm³/mol. The van der Waals surface area contributed by atoms with E-state index in [1.165, 1.54) is 6.07 Å². The minimum atomic E-state index is -0.857. The van der Waals surface area contributed by atoms with E-state index in [-0.39, 0.29) is 23.1 Å². The van der Waals surface area contributed by atoms with Gasteiger partial charge in [0.05, 0.1) is 40.5 Å². The smallest absolute Gasteiger partial charge is 0.319 e. The molecule has 0 aliphatic carbocycles. The number of phenols is 1. The van der Waals surface area contributed by atoms with Gasteiger partial charge in [0.25, 0.3) is 0 Å². The summed E-state index contributed by atoms with van der Waals surface area (Å²) < 4.78 is 43.9. The van der Waals surface area contributed by atoms with Crippen molar-refractivity contribution in [3.63, 3.8) is 0 Å². The Morgan fingerprint density at radius 2 is 1.98 bits per heavy atom. The molecule has 3 fully saturated rings. The number of benzene rings is 2. The summed E-state index contributed by atoms with van der Waals surface area (Å²) in [7, 11) is 0. The minimum absolute atomic E-state index is 0.0797. The number of nitrogens with zero attached hydrogens (tertiary/aromatic N) is 6. The highest BCUT2D eigenvalue weighted by Gasteiger charge is 2.49. The Labute approximate surface area is 265 Å². The molecule has 8 rings (SSSR count). The Bertz CT molecular complexity index is 1970. The molecule has 2 aromatic carbocycles. The zero-order valence-corrected chi connectivity index (χ0v) is 26.2. The van der Waals surface area contributed by atoms with E-state index in [1.807, 2.05) is 24.4 Å². The quantitative estimate of drug-likeness (QED) is 0.245. The third-order valence-corrected chi connectivity index (χ3v) is 10.2. The molecule has 3 saturated heterocycles. The fourth-order valence-electron chi connectivity index (χ4n) is 8.13. The second-order valence-electron chi connectivity index (χ2n) is 12.9. The first kappa shape index (κ1) is 29.3. The van der Waals surface area contributed by atoms with E-state index < -0.39 is 6.17 Å². The number of aromatic nitrogens is 4. The van der Waals surface area contributed by atoms with E-state index in [0.29, 0.717) is 68.1 Å². The summed E-state index contributed by atoms with van der Waals surface area (Å²) >= 11 is 0. The van der Waals surface area contributed by atoms with Gasteiger partial charge in [0.2, 0.25) is 0 Å². The molecule has 9 nitrogen and oxygen atoms in total. The van der Waals surface area contributed by atoms with Gasteiger partial charge in [-0.25, -0.2) is 13.3 Å². The Hall–Kier alpha value is -4.09. The van der Waals surface area contributed by atoms with Crippen molar-refractivity contribution in [3.8, 4) is 23.0 Å². The lowest BCUT2D eigenvalue weighted by atomic mass is 9.92. The van der Waals surface area contributed by atoms with Gasteiger partial charge in [0, 0.05) is 43.8 Å². The van der Waals surface area contributed by atoms with Crippen molar-refractivity contribution in [1.29, 1.82) is 0 Å². The summed E-state index contributed by atoms with van der Waals surface area (Å²) in [4.78, 5) is 14.5. The largest absolute Gasteiger partial charge is 0.508 e. The summed E-state index contributed by atoms with van der Waals surface area (Å²) in [5.74, 6) is 0.529. The molecule has 3 aliphatic rings. The summed E-state index contributed by atoms with van der Waals surface area (Å²) in [5, 5.41) is 17.9. The first-order valence-corrected chi connectivity index (χ1v) is 16.3. The second kappa shape index (κ2) is 11.3. The lowest BCUT2D eigenvalue weighted by Gasteiger charge is -2.31. The Kier molecular flexibility index (Phi) is 7.21. The van der Waals surface area contributed by atoms with Crippen molar-refractivity contribution in [3.05, 3.63) is 53.5 Å². The third kappa shape index (κ3) is 4.66. The highest BCUT2D eigenvalue weighted by atomic mass is 19.1. The van der Waals surface area contributed by atoms with E-state index in [9.17, 15) is 9.50 Å². The molecular formula is C35H38F2N6O3. The monoisotopic (exact) mass is 628 g/mol. The molecule has 240 valence electrons. The number of ether oxygens (including phenoxy) is 2. The number of phenolic OH excluding ortho intramolecular Hbond substituents is 1. The van der Waals surface area contributed by atoms with Crippen molar-refractivity contribution in [2.45, 2.75) is 57.7 Å². The maximum Gasteiger partial charge on any atom is 0.319 e. The third-order valence-electron chi connectivity index (χ3n) is 10.2. The molecule has 2 unspecified atom stereocenters. The number of alkyl halides is 1. The van der Waals surface area contributed by atoms with Gasteiger partial charge in [-0.3, -0.25) is 4.90 Å². The van der Waals surface area contributed by atoms with Crippen molar-refractivity contribution < 1.29 is 23.4 Å². The summed E-state index contributed by atoms with van der Waals surface area (Å²) in [5.41, 5.74) is 3.90. The van der Waals surface area contributed by atoms with E-state index in [1.54, 1.807) is 24.4 Å². The summed E-state index contributed by atoms with van der Waals surface area (Å²) in [6, 6.07) is 8.69. The Balaban J connectivity index is 1.36. The molecule has 1 N–H and O–H groups in total. The lowest BCUT2D eigenvalue weighted by molar-refractivity contribution is 0.107. The molecular weight excluding hydrogens is 590 g/mol. The van der Waals surface area contributed by atoms with Gasteiger partial charge in [0.15, 0.2) is 0 Å². The molecule has 0 bridgehead atoms. The van der Waals surface area contributed by atoms with Crippen molar-refractivity contribution in [2.75, 3.05) is 50.9 Å². The fourth-order valence-corrected chi connectivity index (χ4v) is 8.13. The highest BCUT2D eigenvalue weighted by Crippen LogP contribution is 2.43. The number of aromatic hydroxyl groups is 1. The van der Waals surface area contributed by atoms with Crippen LogP contribution in [0, 0.1) is 12.7 Å². The number of halogens is 2. The van der Waals surface area contributed by atoms with E-state index in [2.05, 4.69) is 9.80 Å². The Morgan fingerprint density at radius 3 is 2.85 bits per heavy atom. The molecule has 0 saturated carbocycles. The van der Waals surface area contributed by atoms with Gasteiger partial charge < -0.3 is 19.5 Å². The van der Waals surface area contributed by atoms with Crippen LogP contribution < -0.4 is 9.64 Å². The molecule has 11 heteroatoms. The van der Waals surface area contributed by atoms with Crippen LogP contribution in [0.2, 0.25) is 0 Å². The van der Waals surface area contributed by atoms with Crippen LogP contribution in [0.25, 0.3) is 38.4 Å². The van der Waals surface area contributed by atoms with E-state index >= 15 is 4.39 Å². The van der Waals surface area contributed by atoms with Crippen LogP contribution in [0.3, 0.4) is 0 Å². The van der Waals surface area contributed by atoms with Gasteiger partial charge in [0.1, 0.15) is 30.2 Å². The van der Waals surface area contributed by atoms with Crippen LogP contribution in [0.5, 0.6) is 11.8 Å². The molecule has 0 radical (unpaired) electrons. The SMILES string of the molecule is CCc1c(F)ccc2cc(O)cc(-c3c(C)c4nc(OCC56CCCN5CC(F)C6)nc(N5CCCOCC5)c4c4ccnn34)c12. The predicted octanol–water partition coefficient (Wildman–Crippen LogP) is 6.00. The maximum absolute atomic E-state index is 15.2. The highest BCUT2D eigenvalue weighted by molar-refractivity contribution is 6.08. The van der Waals surface area contributed by atoms with Crippen LogP contribution >= 0.6 is 0 Å². The minimum Gasteiger partial charge on any atom is -0.508 e.